The van der Waals surface area contributed by atoms with Gasteiger partial charge in [-0.2, -0.15) is 0 Å². The average Bonchev–Trinajstić information content (AvgIpc) is 2.38. The molecule has 2 N–H and O–H groups in total. The molecule has 0 fully saturated rings. The number of amides is 1. The molecule has 0 aliphatic carbocycles. The molecule has 1 aromatic carbocycles. The lowest BCUT2D eigenvalue weighted by Gasteiger charge is -2.26. The molecule has 25 heavy (non-hydrogen) atoms. The topological polar surface area (TPSA) is 67.4 Å². The number of hydrogen-bond donors (Lipinski definition) is 2. The highest BCUT2D eigenvalue weighted by molar-refractivity contribution is 9.10. The van der Waals surface area contributed by atoms with Crippen molar-refractivity contribution in [2.75, 3.05) is 6.54 Å². The van der Waals surface area contributed by atoms with Crippen LogP contribution in [0.4, 0.5) is 9.18 Å². The Balaban J connectivity index is 2.95. The first-order chi connectivity index (χ1) is 11.3. The highest BCUT2D eigenvalue weighted by Gasteiger charge is 2.25. The predicted octanol–water partition coefficient (Wildman–Crippen LogP) is 4.21. The summed E-state index contributed by atoms with van der Waals surface area (Å²) in [5.74, 6) is -0.421. The molecule has 0 saturated heterocycles. The number of alkyl carbamates (subject to hydrolysis) is 1. The molecular weight excluding hydrogens is 411 g/mol. The molecule has 0 unspecified atom stereocenters. The van der Waals surface area contributed by atoms with Crippen LogP contribution in [0.25, 0.3) is 0 Å². The second-order valence-electron chi connectivity index (χ2n) is 7.64. The van der Waals surface area contributed by atoms with Gasteiger partial charge in [-0.25, -0.2) is 18.1 Å². The van der Waals surface area contributed by atoms with Crippen LogP contribution >= 0.6 is 15.9 Å². The smallest absolute Gasteiger partial charge is 0.407 e. The highest BCUT2D eigenvalue weighted by atomic mass is 79.9. The molecule has 0 aliphatic heterocycles. The third-order valence-corrected chi connectivity index (χ3v) is 5.01. The first-order valence-electron chi connectivity index (χ1n) is 7.89. The van der Waals surface area contributed by atoms with Crippen LogP contribution in [0.2, 0.25) is 0 Å². The fourth-order valence-electron chi connectivity index (χ4n) is 1.81. The van der Waals surface area contributed by atoms with E-state index in [0.717, 1.165) is 0 Å². The normalized spacial score (nSPS) is 14.7. The number of rotatable bonds is 5. The maximum absolute atomic E-state index is 13.7. The van der Waals surface area contributed by atoms with Crippen molar-refractivity contribution in [2.45, 2.75) is 57.9 Å². The molecule has 0 saturated carbocycles. The van der Waals surface area contributed by atoms with Gasteiger partial charge in [0.2, 0.25) is 0 Å². The van der Waals surface area contributed by atoms with Gasteiger partial charge in [-0.15, -0.1) is 0 Å². The fraction of sp³-hybridized carbons (Fsp3) is 0.588. The van der Waals surface area contributed by atoms with Crippen molar-refractivity contribution in [1.82, 2.24) is 10.0 Å². The lowest BCUT2D eigenvalue weighted by Crippen LogP contribution is -2.42. The molecule has 0 aliphatic rings. The zero-order valence-corrected chi connectivity index (χ0v) is 17.8. The van der Waals surface area contributed by atoms with E-state index in [1.54, 1.807) is 26.8 Å². The summed E-state index contributed by atoms with van der Waals surface area (Å²) in [5, 5.41) is 2.64. The first-order valence-corrected chi connectivity index (χ1v) is 9.83. The summed E-state index contributed by atoms with van der Waals surface area (Å²) in [7, 11) is -1.39. The summed E-state index contributed by atoms with van der Waals surface area (Å²) in [6.07, 6.45) is -0.587. The predicted molar refractivity (Wildman–Crippen MR) is 102 cm³/mol. The van der Waals surface area contributed by atoms with Gasteiger partial charge in [-0.3, -0.25) is 0 Å². The van der Waals surface area contributed by atoms with Gasteiger partial charge in [0.25, 0.3) is 0 Å². The number of halogens is 2. The van der Waals surface area contributed by atoms with Crippen molar-refractivity contribution in [1.29, 1.82) is 0 Å². The van der Waals surface area contributed by atoms with E-state index in [1.807, 2.05) is 20.8 Å². The van der Waals surface area contributed by atoms with E-state index in [0.29, 0.717) is 10.0 Å². The first kappa shape index (κ1) is 22.1. The van der Waals surface area contributed by atoms with Gasteiger partial charge in [0, 0.05) is 11.0 Å². The summed E-state index contributed by atoms with van der Waals surface area (Å²) in [6.45, 7) is 10.9. The number of carbonyl (C=O) groups excluding carboxylic acids is 1. The molecule has 0 heterocycles. The molecule has 1 amide bonds. The highest BCUT2D eigenvalue weighted by Crippen LogP contribution is 2.22. The van der Waals surface area contributed by atoms with Crippen molar-refractivity contribution in [3.05, 3.63) is 34.1 Å². The minimum absolute atomic E-state index is 0.104. The van der Waals surface area contributed by atoms with E-state index < -0.39 is 39.3 Å². The van der Waals surface area contributed by atoms with E-state index >= 15 is 0 Å². The van der Waals surface area contributed by atoms with Crippen LogP contribution in [-0.2, 0) is 15.7 Å². The van der Waals surface area contributed by atoms with Crippen LogP contribution in [0.5, 0.6) is 0 Å². The standard InChI is InChI=1S/C17H26BrFN2O3S/c1-16(2,3)24-15(22)20-10-14(21-25(23)17(4,5)6)11-7-12(18)9-13(19)8-11/h7-9,14,21H,10H2,1-6H3,(H,20,22)/t14-,25-/m1/s1. The van der Waals surface area contributed by atoms with E-state index in [1.165, 1.54) is 12.1 Å². The number of benzene rings is 1. The quantitative estimate of drug-likeness (QED) is 0.726. The van der Waals surface area contributed by atoms with Crippen molar-refractivity contribution in [3.8, 4) is 0 Å². The second kappa shape index (κ2) is 8.60. The van der Waals surface area contributed by atoms with Crippen LogP contribution in [0.15, 0.2) is 22.7 Å². The van der Waals surface area contributed by atoms with Crippen molar-refractivity contribution < 1.29 is 18.1 Å². The monoisotopic (exact) mass is 436 g/mol. The lowest BCUT2D eigenvalue weighted by atomic mass is 10.1. The number of hydrogen-bond acceptors (Lipinski definition) is 3. The Bertz CT molecular complexity index is 622. The van der Waals surface area contributed by atoms with Gasteiger partial charge in [0.15, 0.2) is 0 Å². The van der Waals surface area contributed by atoms with E-state index in [2.05, 4.69) is 26.0 Å². The molecule has 0 radical (unpaired) electrons. The number of ether oxygens (including phenoxy) is 1. The molecule has 8 heteroatoms. The van der Waals surface area contributed by atoms with Crippen LogP contribution in [0.1, 0.15) is 53.1 Å². The summed E-state index contributed by atoms with van der Waals surface area (Å²) in [4.78, 5) is 11.9. The van der Waals surface area contributed by atoms with Crippen LogP contribution in [0, 0.1) is 5.82 Å². The molecule has 0 aromatic heterocycles. The molecular formula is C17H26BrFN2O3S. The van der Waals surface area contributed by atoms with E-state index in [4.69, 9.17) is 4.74 Å². The summed E-state index contributed by atoms with van der Waals surface area (Å²) < 4.78 is 34.4. The van der Waals surface area contributed by atoms with Crippen LogP contribution in [0.3, 0.4) is 0 Å². The summed E-state index contributed by atoms with van der Waals surface area (Å²) in [5.41, 5.74) is -0.0520. The van der Waals surface area contributed by atoms with Crippen molar-refractivity contribution in [3.63, 3.8) is 0 Å². The molecule has 142 valence electrons. The van der Waals surface area contributed by atoms with Gasteiger partial charge in [-0.05, 0) is 65.3 Å². The maximum Gasteiger partial charge on any atom is 0.407 e. The Labute approximate surface area is 159 Å². The summed E-state index contributed by atoms with van der Waals surface area (Å²) >= 11 is 3.25. The Morgan fingerprint density at radius 3 is 2.32 bits per heavy atom. The Hall–Kier alpha value is -0.990. The third-order valence-electron chi connectivity index (χ3n) is 2.94. The largest absolute Gasteiger partial charge is 0.444 e. The lowest BCUT2D eigenvalue weighted by molar-refractivity contribution is 0.0523. The maximum atomic E-state index is 13.7. The van der Waals surface area contributed by atoms with Crippen LogP contribution < -0.4 is 10.0 Å². The molecule has 0 bridgehead atoms. The van der Waals surface area contributed by atoms with Crippen molar-refractivity contribution >= 4 is 33.0 Å². The minimum Gasteiger partial charge on any atom is -0.444 e. The SMILES string of the molecule is CC(C)(C)OC(=O)NC[C@@H](N[S@](=O)C(C)(C)C)c1cc(F)cc(Br)c1. The van der Waals surface area contributed by atoms with Gasteiger partial charge in [-0.1, -0.05) is 15.9 Å². The van der Waals surface area contributed by atoms with Gasteiger partial charge < -0.3 is 10.1 Å². The average molecular weight is 437 g/mol. The van der Waals surface area contributed by atoms with Gasteiger partial charge in [0.05, 0.1) is 21.8 Å². The Kier molecular flexibility index (Phi) is 7.58. The molecule has 1 rings (SSSR count). The van der Waals surface area contributed by atoms with Gasteiger partial charge in [0.1, 0.15) is 11.4 Å². The van der Waals surface area contributed by atoms with E-state index in [-0.39, 0.29) is 6.54 Å². The summed E-state index contributed by atoms with van der Waals surface area (Å²) in [6, 6.07) is 3.86. The molecule has 1 aromatic rings. The van der Waals surface area contributed by atoms with E-state index in [9.17, 15) is 13.4 Å². The van der Waals surface area contributed by atoms with Crippen molar-refractivity contribution in [2.24, 2.45) is 0 Å². The second-order valence-corrected chi connectivity index (χ2v) is 10.6. The molecule has 2 atom stereocenters. The van der Waals surface area contributed by atoms with Crippen LogP contribution in [-0.4, -0.2) is 27.2 Å². The zero-order valence-electron chi connectivity index (χ0n) is 15.4. The molecule has 0 spiro atoms. The molecule has 5 nitrogen and oxygen atoms in total. The number of carbonyl (C=O) groups is 1. The van der Waals surface area contributed by atoms with Gasteiger partial charge >= 0.3 is 6.09 Å². The number of nitrogens with one attached hydrogen (secondary N) is 2. The minimum atomic E-state index is -1.39. The third kappa shape index (κ3) is 8.29. The Morgan fingerprint density at radius 1 is 1.24 bits per heavy atom. The fourth-order valence-corrected chi connectivity index (χ4v) is 3.12. The Morgan fingerprint density at radius 2 is 1.84 bits per heavy atom. The zero-order chi connectivity index (χ0) is 19.4.